The van der Waals surface area contributed by atoms with Crippen LogP contribution in [0.3, 0.4) is 0 Å². The molecule has 2 aliphatic rings. The maximum Gasteiger partial charge on any atom is 0.344 e. The standard InChI is InChI=1S/C19H22FN3O3S/c1-10-9-22(6-5-21(10)3)15-8-14-12(7-13(15)20)17(24)16(19(25)26-4)18-23(14)11(2)27-18/h7-8,10-11H,5-6,9H2,1-4H3. The van der Waals surface area contributed by atoms with Gasteiger partial charge in [0.25, 0.3) is 0 Å². The summed E-state index contributed by atoms with van der Waals surface area (Å²) in [4.78, 5) is 29.2. The molecule has 0 N–H and O–H groups in total. The predicted molar refractivity (Wildman–Crippen MR) is 104 cm³/mol. The van der Waals surface area contributed by atoms with Gasteiger partial charge in [-0.05, 0) is 33.0 Å². The zero-order valence-corrected chi connectivity index (χ0v) is 16.6. The van der Waals surface area contributed by atoms with E-state index in [1.165, 1.54) is 24.9 Å². The fourth-order valence-corrected chi connectivity index (χ4v) is 4.98. The van der Waals surface area contributed by atoms with Gasteiger partial charge in [0.2, 0.25) is 5.43 Å². The molecule has 8 heteroatoms. The molecule has 0 aliphatic carbocycles. The SMILES string of the molecule is COC(=O)c1c2n(c3cc(N4CCN(C)C(C)C4)c(F)cc3c1=O)C(C)S2. The van der Waals surface area contributed by atoms with Crippen molar-refractivity contribution in [2.75, 3.05) is 38.7 Å². The van der Waals surface area contributed by atoms with E-state index in [1.54, 1.807) is 6.07 Å². The quantitative estimate of drug-likeness (QED) is 0.734. The average molecular weight is 391 g/mol. The summed E-state index contributed by atoms with van der Waals surface area (Å²) in [5.74, 6) is -1.12. The summed E-state index contributed by atoms with van der Waals surface area (Å²) in [5, 5.41) is 0.877. The molecule has 1 fully saturated rings. The van der Waals surface area contributed by atoms with Crippen LogP contribution >= 0.6 is 11.8 Å². The second kappa shape index (κ2) is 6.53. The third-order valence-electron chi connectivity index (χ3n) is 5.56. The number of hydrogen-bond acceptors (Lipinski definition) is 6. The number of ether oxygens (including phenoxy) is 1. The van der Waals surface area contributed by atoms with Gasteiger partial charge in [-0.2, -0.15) is 0 Å². The van der Waals surface area contributed by atoms with Crippen LogP contribution in [0.4, 0.5) is 10.1 Å². The van der Waals surface area contributed by atoms with Crippen LogP contribution in [0.15, 0.2) is 22.0 Å². The molecule has 0 spiro atoms. The van der Waals surface area contributed by atoms with Crippen molar-refractivity contribution in [1.29, 1.82) is 0 Å². The summed E-state index contributed by atoms with van der Waals surface area (Å²) >= 11 is 1.45. The van der Waals surface area contributed by atoms with Gasteiger partial charge in [-0.25, -0.2) is 9.18 Å². The summed E-state index contributed by atoms with van der Waals surface area (Å²) in [6.45, 7) is 6.41. The number of fused-ring (bicyclic) bond motifs is 3. The van der Waals surface area contributed by atoms with Crippen LogP contribution in [0.2, 0.25) is 0 Å². The topological polar surface area (TPSA) is 54.8 Å². The number of rotatable bonds is 2. The van der Waals surface area contributed by atoms with Crippen LogP contribution < -0.4 is 10.3 Å². The molecule has 0 radical (unpaired) electrons. The average Bonchev–Trinajstić information content (AvgIpc) is 2.63. The molecule has 0 amide bonds. The third-order valence-corrected chi connectivity index (χ3v) is 6.74. The zero-order chi connectivity index (χ0) is 19.5. The number of carbonyl (C=O) groups is 1. The van der Waals surface area contributed by atoms with Crippen LogP contribution in [0, 0.1) is 5.82 Å². The molecule has 144 valence electrons. The Hall–Kier alpha value is -2.06. The number of esters is 1. The normalized spacial score (nSPS) is 22.5. The van der Waals surface area contributed by atoms with Crippen molar-refractivity contribution in [2.24, 2.45) is 0 Å². The monoisotopic (exact) mass is 391 g/mol. The Bertz CT molecular complexity index is 1010. The summed E-state index contributed by atoms with van der Waals surface area (Å²) in [5.41, 5.74) is 0.691. The molecule has 2 atom stereocenters. The lowest BCUT2D eigenvalue weighted by Gasteiger charge is -2.39. The van der Waals surface area contributed by atoms with Gasteiger partial charge in [0.15, 0.2) is 0 Å². The zero-order valence-electron chi connectivity index (χ0n) is 15.8. The molecule has 2 aliphatic heterocycles. The van der Waals surface area contributed by atoms with Crippen molar-refractivity contribution in [3.05, 3.63) is 33.7 Å². The van der Waals surface area contributed by atoms with Crippen molar-refractivity contribution in [2.45, 2.75) is 30.3 Å². The Morgan fingerprint density at radius 1 is 1.30 bits per heavy atom. The lowest BCUT2D eigenvalue weighted by Crippen LogP contribution is -2.50. The number of pyridine rings is 1. The summed E-state index contributed by atoms with van der Waals surface area (Å²) in [6.07, 6.45) is 0. The number of hydrogen-bond donors (Lipinski definition) is 0. The second-order valence-corrected chi connectivity index (χ2v) is 8.49. The molecule has 1 aromatic heterocycles. The lowest BCUT2D eigenvalue weighted by atomic mass is 10.1. The first-order chi connectivity index (χ1) is 12.8. The first kappa shape index (κ1) is 18.3. The van der Waals surface area contributed by atoms with E-state index in [0.29, 0.717) is 22.3 Å². The highest BCUT2D eigenvalue weighted by Crippen LogP contribution is 2.46. The van der Waals surface area contributed by atoms with Gasteiger partial charge < -0.3 is 19.1 Å². The summed E-state index contributed by atoms with van der Waals surface area (Å²) in [7, 11) is 3.31. The maximum atomic E-state index is 14.9. The van der Waals surface area contributed by atoms with Gasteiger partial charge >= 0.3 is 5.97 Å². The van der Waals surface area contributed by atoms with Gasteiger partial charge in [0.1, 0.15) is 11.4 Å². The van der Waals surface area contributed by atoms with Crippen LogP contribution in [0.5, 0.6) is 0 Å². The highest BCUT2D eigenvalue weighted by atomic mass is 32.2. The Balaban J connectivity index is 1.91. The predicted octanol–water partition coefficient (Wildman–Crippen LogP) is 2.69. The van der Waals surface area contributed by atoms with E-state index in [1.807, 2.05) is 16.4 Å². The number of likely N-dealkylation sites (N-methyl/N-ethyl adjacent to an activating group) is 1. The summed E-state index contributed by atoms with van der Waals surface area (Å²) < 4.78 is 21.6. The third kappa shape index (κ3) is 2.73. The molecular weight excluding hydrogens is 369 g/mol. The van der Waals surface area contributed by atoms with E-state index in [0.717, 1.165) is 19.6 Å². The number of anilines is 1. The minimum Gasteiger partial charge on any atom is -0.465 e. The number of thioether (sulfide) groups is 1. The summed E-state index contributed by atoms with van der Waals surface area (Å²) in [6, 6.07) is 3.34. The highest BCUT2D eigenvalue weighted by molar-refractivity contribution is 8.00. The number of benzene rings is 1. The minimum atomic E-state index is -0.678. The van der Waals surface area contributed by atoms with E-state index in [9.17, 15) is 14.0 Å². The van der Waals surface area contributed by atoms with Gasteiger partial charge in [0, 0.05) is 31.1 Å². The van der Waals surface area contributed by atoms with Gasteiger partial charge in [-0.1, -0.05) is 11.8 Å². The molecular formula is C19H22FN3O3S. The van der Waals surface area contributed by atoms with Gasteiger partial charge in [-0.3, -0.25) is 4.79 Å². The number of nitrogens with zero attached hydrogens (tertiary/aromatic N) is 3. The Morgan fingerprint density at radius 3 is 2.67 bits per heavy atom. The Kier molecular flexibility index (Phi) is 4.43. The molecule has 2 unspecified atom stereocenters. The fourth-order valence-electron chi connectivity index (χ4n) is 3.83. The molecule has 3 heterocycles. The number of methoxy groups -OCH3 is 1. The number of halogens is 1. The molecule has 4 rings (SSSR count). The molecule has 1 saturated heterocycles. The van der Waals surface area contributed by atoms with E-state index >= 15 is 0 Å². The molecule has 2 aromatic rings. The number of piperazine rings is 1. The Morgan fingerprint density at radius 2 is 2.04 bits per heavy atom. The van der Waals surface area contributed by atoms with Gasteiger partial charge in [0.05, 0.1) is 28.7 Å². The lowest BCUT2D eigenvalue weighted by molar-refractivity contribution is 0.0593. The fraction of sp³-hybridized carbons (Fsp3) is 0.474. The molecule has 0 saturated carbocycles. The smallest absolute Gasteiger partial charge is 0.344 e. The molecule has 1 aromatic carbocycles. The van der Waals surface area contributed by atoms with Gasteiger partial charge in [-0.15, -0.1) is 0 Å². The second-order valence-electron chi connectivity index (χ2n) is 7.18. The molecule has 6 nitrogen and oxygen atoms in total. The van der Waals surface area contributed by atoms with Crippen molar-refractivity contribution in [1.82, 2.24) is 9.47 Å². The Labute approximate surface area is 160 Å². The van der Waals surface area contributed by atoms with E-state index < -0.39 is 17.2 Å². The first-order valence-electron chi connectivity index (χ1n) is 8.95. The molecule has 27 heavy (non-hydrogen) atoms. The van der Waals surface area contributed by atoms with E-state index in [2.05, 4.69) is 18.9 Å². The molecule has 0 bridgehead atoms. The number of aromatic nitrogens is 1. The van der Waals surface area contributed by atoms with E-state index in [-0.39, 0.29) is 16.3 Å². The van der Waals surface area contributed by atoms with Crippen LogP contribution in [0.1, 0.15) is 29.6 Å². The number of carbonyl (C=O) groups excluding carboxylic acids is 1. The van der Waals surface area contributed by atoms with Crippen molar-refractivity contribution < 1.29 is 13.9 Å². The van der Waals surface area contributed by atoms with Crippen molar-refractivity contribution >= 4 is 34.3 Å². The van der Waals surface area contributed by atoms with Crippen molar-refractivity contribution in [3.8, 4) is 0 Å². The highest BCUT2D eigenvalue weighted by Gasteiger charge is 2.34. The minimum absolute atomic E-state index is 0.00605. The first-order valence-corrected chi connectivity index (χ1v) is 9.83. The van der Waals surface area contributed by atoms with Crippen molar-refractivity contribution in [3.63, 3.8) is 0 Å². The van der Waals surface area contributed by atoms with Crippen LogP contribution in [0.25, 0.3) is 10.9 Å². The maximum absolute atomic E-state index is 14.9. The van der Waals surface area contributed by atoms with E-state index in [4.69, 9.17) is 4.74 Å². The van der Waals surface area contributed by atoms with Crippen LogP contribution in [-0.4, -0.2) is 55.3 Å². The van der Waals surface area contributed by atoms with Crippen LogP contribution in [-0.2, 0) is 4.74 Å². The largest absolute Gasteiger partial charge is 0.465 e.